The van der Waals surface area contributed by atoms with E-state index in [1.807, 2.05) is 4.90 Å². The van der Waals surface area contributed by atoms with Crippen molar-refractivity contribution < 1.29 is 9.18 Å². The van der Waals surface area contributed by atoms with Crippen LogP contribution in [0.25, 0.3) is 0 Å². The first-order valence-corrected chi connectivity index (χ1v) is 9.22. The molecule has 3 atom stereocenters. The Balaban J connectivity index is 1.37. The second-order valence-corrected chi connectivity index (χ2v) is 7.34. The number of nitrogens with zero attached hydrogens (tertiary/aromatic N) is 2. The molecule has 3 heterocycles. The standard InChI is InChI=1S/C17H23ClFN5O/c18-13-9-11(19)1-2-15(13)23-5-7-24(8-6-23)17(25)16-12-10-20-4-3-14(12)21-22-16/h1-2,9,12,14,16,20-22H,3-8,10H2. The molecule has 3 fully saturated rings. The lowest BCUT2D eigenvalue weighted by Crippen LogP contribution is -2.56. The molecule has 0 aromatic heterocycles. The fourth-order valence-electron chi connectivity index (χ4n) is 4.06. The highest BCUT2D eigenvalue weighted by atomic mass is 35.5. The number of amides is 1. The van der Waals surface area contributed by atoms with Gasteiger partial charge in [-0.05, 0) is 31.2 Å². The van der Waals surface area contributed by atoms with Crippen LogP contribution in [0.5, 0.6) is 0 Å². The maximum atomic E-state index is 13.2. The van der Waals surface area contributed by atoms with Crippen molar-refractivity contribution >= 4 is 23.2 Å². The molecule has 1 amide bonds. The lowest BCUT2D eigenvalue weighted by atomic mass is 9.89. The van der Waals surface area contributed by atoms with E-state index in [2.05, 4.69) is 21.1 Å². The molecule has 8 heteroatoms. The normalized spacial score (nSPS) is 29.6. The van der Waals surface area contributed by atoms with Crippen molar-refractivity contribution in [1.29, 1.82) is 0 Å². The van der Waals surface area contributed by atoms with Crippen molar-refractivity contribution in [3.63, 3.8) is 0 Å². The van der Waals surface area contributed by atoms with E-state index in [9.17, 15) is 9.18 Å². The molecule has 4 rings (SSSR count). The van der Waals surface area contributed by atoms with E-state index in [4.69, 9.17) is 11.6 Å². The van der Waals surface area contributed by atoms with Crippen molar-refractivity contribution in [2.45, 2.75) is 18.5 Å². The Hall–Kier alpha value is -1.41. The van der Waals surface area contributed by atoms with Gasteiger partial charge in [-0.3, -0.25) is 10.2 Å². The molecule has 3 unspecified atom stereocenters. The number of hydrogen-bond acceptors (Lipinski definition) is 5. The Kier molecular flexibility index (Phi) is 4.82. The van der Waals surface area contributed by atoms with Crippen LogP contribution < -0.4 is 21.1 Å². The van der Waals surface area contributed by atoms with E-state index in [0.29, 0.717) is 43.2 Å². The van der Waals surface area contributed by atoms with E-state index in [0.717, 1.165) is 25.2 Å². The van der Waals surface area contributed by atoms with Gasteiger partial charge in [-0.1, -0.05) is 11.6 Å². The molecule has 3 aliphatic heterocycles. The third-order valence-electron chi connectivity index (χ3n) is 5.49. The molecule has 1 aromatic carbocycles. The second-order valence-electron chi connectivity index (χ2n) is 6.94. The fraction of sp³-hybridized carbons (Fsp3) is 0.588. The zero-order chi connectivity index (χ0) is 17.4. The highest BCUT2D eigenvalue weighted by Crippen LogP contribution is 2.28. The van der Waals surface area contributed by atoms with Crippen LogP contribution >= 0.6 is 11.6 Å². The van der Waals surface area contributed by atoms with Gasteiger partial charge in [-0.25, -0.2) is 9.82 Å². The van der Waals surface area contributed by atoms with Crippen LogP contribution in [-0.2, 0) is 4.79 Å². The minimum Gasteiger partial charge on any atom is -0.367 e. The van der Waals surface area contributed by atoms with Gasteiger partial charge in [0.1, 0.15) is 11.9 Å². The molecular weight excluding hydrogens is 345 g/mol. The summed E-state index contributed by atoms with van der Waals surface area (Å²) in [5, 5.41) is 3.79. The number of piperazine rings is 1. The largest absolute Gasteiger partial charge is 0.367 e. The molecule has 0 bridgehead atoms. The summed E-state index contributed by atoms with van der Waals surface area (Å²) in [6, 6.07) is 4.66. The molecule has 6 nitrogen and oxygen atoms in total. The minimum atomic E-state index is -0.335. The SMILES string of the molecule is O=C(C1NNC2CCNCC21)N1CCN(c2ccc(F)cc2Cl)CC1. The van der Waals surface area contributed by atoms with Crippen molar-refractivity contribution in [3.05, 3.63) is 29.0 Å². The number of carbonyl (C=O) groups excluding carboxylic acids is 1. The summed E-state index contributed by atoms with van der Waals surface area (Å²) in [5.41, 5.74) is 7.30. The van der Waals surface area contributed by atoms with Crippen LogP contribution in [0.2, 0.25) is 5.02 Å². The molecule has 3 saturated heterocycles. The molecule has 0 spiro atoms. The average Bonchev–Trinajstić information content (AvgIpc) is 3.05. The summed E-state index contributed by atoms with van der Waals surface area (Å²) in [5.74, 6) is 0.123. The Morgan fingerprint density at radius 2 is 2.00 bits per heavy atom. The quantitative estimate of drug-likeness (QED) is 0.714. The molecule has 3 N–H and O–H groups in total. The molecule has 136 valence electrons. The number of anilines is 1. The van der Waals surface area contributed by atoms with Crippen molar-refractivity contribution in [2.24, 2.45) is 5.92 Å². The van der Waals surface area contributed by atoms with Crippen LogP contribution in [0.4, 0.5) is 10.1 Å². The molecule has 0 radical (unpaired) electrons. The first-order chi connectivity index (χ1) is 12.1. The van der Waals surface area contributed by atoms with Gasteiger partial charge in [0.15, 0.2) is 0 Å². The number of hydrazine groups is 1. The van der Waals surface area contributed by atoms with Crippen LogP contribution in [0.15, 0.2) is 18.2 Å². The Morgan fingerprint density at radius 3 is 2.76 bits per heavy atom. The van der Waals surface area contributed by atoms with Gasteiger partial charge in [-0.15, -0.1) is 0 Å². The maximum absolute atomic E-state index is 13.2. The van der Waals surface area contributed by atoms with Crippen molar-refractivity contribution in [2.75, 3.05) is 44.2 Å². The summed E-state index contributed by atoms with van der Waals surface area (Å²) >= 11 is 6.15. The van der Waals surface area contributed by atoms with Gasteiger partial charge in [0.2, 0.25) is 5.91 Å². The maximum Gasteiger partial charge on any atom is 0.241 e. The molecular formula is C17H23ClFN5O. The van der Waals surface area contributed by atoms with Crippen LogP contribution in [0, 0.1) is 11.7 Å². The fourth-order valence-corrected chi connectivity index (χ4v) is 4.35. The van der Waals surface area contributed by atoms with E-state index < -0.39 is 0 Å². The lowest BCUT2D eigenvalue weighted by molar-refractivity contribution is -0.134. The summed E-state index contributed by atoms with van der Waals surface area (Å²) in [4.78, 5) is 16.9. The minimum absolute atomic E-state index is 0.161. The van der Waals surface area contributed by atoms with Gasteiger partial charge in [0, 0.05) is 44.7 Å². The predicted molar refractivity (Wildman–Crippen MR) is 95.0 cm³/mol. The third-order valence-corrected chi connectivity index (χ3v) is 5.79. The highest BCUT2D eigenvalue weighted by Gasteiger charge is 2.43. The zero-order valence-corrected chi connectivity index (χ0v) is 14.7. The Morgan fingerprint density at radius 1 is 1.20 bits per heavy atom. The van der Waals surface area contributed by atoms with E-state index in [1.165, 1.54) is 12.1 Å². The topological polar surface area (TPSA) is 59.6 Å². The van der Waals surface area contributed by atoms with E-state index >= 15 is 0 Å². The number of benzene rings is 1. The predicted octanol–water partition coefficient (Wildman–Crippen LogP) is 0.582. The van der Waals surface area contributed by atoms with Crippen LogP contribution in [-0.4, -0.2) is 62.2 Å². The average molecular weight is 368 g/mol. The van der Waals surface area contributed by atoms with Crippen molar-refractivity contribution in [1.82, 2.24) is 21.1 Å². The Bertz CT molecular complexity index is 652. The number of halogens is 2. The van der Waals surface area contributed by atoms with E-state index in [-0.39, 0.29) is 17.8 Å². The van der Waals surface area contributed by atoms with Gasteiger partial charge in [0.05, 0.1) is 10.7 Å². The van der Waals surface area contributed by atoms with Crippen molar-refractivity contribution in [3.8, 4) is 0 Å². The smallest absolute Gasteiger partial charge is 0.241 e. The van der Waals surface area contributed by atoms with Crippen LogP contribution in [0.1, 0.15) is 6.42 Å². The summed E-state index contributed by atoms with van der Waals surface area (Å²) in [7, 11) is 0. The second kappa shape index (κ2) is 7.07. The van der Waals surface area contributed by atoms with Gasteiger partial charge >= 0.3 is 0 Å². The molecule has 1 aromatic rings. The summed E-state index contributed by atoms with van der Waals surface area (Å²) < 4.78 is 13.2. The number of nitrogens with one attached hydrogen (secondary N) is 3. The monoisotopic (exact) mass is 367 g/mol. The number of carbonyl (C=O) groups is 1. The third kappa shape index (κ3) is 3.33. The lowest BCUT2D eigenvalue weighted by Gasteiger charge is -2.38. The number of piperidine rings is 1. The number of rotatable bonds is 2. The first-order valence-electron chi connectivity index (χ1n) is 8.84. The van der Waals surface area contributed by atoms with Crippen LogP contribution in [0.3, 0.4) is 0 Å². The first kappa shape index (κ1) is 17.0. The number of hydrogen-bond donors (Lipinski definition) is 3. The number of fused-ring (bicyclic) bond motifs is 1. The summed E-state index contributed by atoms with van der Waals surface area (Å²) in [6.45, 7) is 4.55. The molecule has 25 heavy (non-hydrogen) atoms. The molecule has 0 aliphatic carbocycles. The summed E-state index contributed by atoms with van der Waals surface area (Å²) in [6.07, 6.45) is 1.04. The van der Waals surface area contributed by atoms with Gasteiger partial charge in [-0.2, -0.15) is 0 Å². The zero-order valence-electron chi connectivity index (χ0n) is 14.0. The van der Waals surface area contributed by atoms with E-state index in [1.54, 1.807) is 6.07 Å². The Labute approximate surface area is 151 Å². The van der Waals surface area contributed by atoms with Gasteiger partial charge in [0.25, 0.3) is 0 Å². The molecule has 0 saturated carbocycles. The van der Waals surface area contributed by atoms with Gasteiger partial charge < -0.3 is 15.1 Å². The highest BCUT2D eigenvalue weighted by molar-refractivity contribution is 6.33. The molecule has 3 aliphatic rings.